The fourth-order valence-corrected chi connectivity index (χ4v) is 9.80. The lowest BCUT2D eigenvalue weighted by atomic mass is 9.67. The van der Waals surface area contributed by atoms with Crippen molar-refractivity contribution in [2.45, 2.75) is 21.6 Å². The number of aromatic nitrogens is 3. The smallest absolute Gasteiger partial charge is 0.164 e. The van der Waals surface area contributed by atoms with Crippen molar-refractivity contribution < 1.29 is 0 Å². The van der Waals surface area contributed by atoms with Crippen LogP contribution in [0.25, 0.3) is 62.1 Å². The van der Waals surface area contributed by atoms with Crippen molar-refractivity contribution in [3.05, 3.63) is 191 Å². The number of allylic oxidation sites excluding steroid dienone is 1. The van der Waals surface area contributed by atoms with E-state index >= 15 is 0 Å². The van der Waals surface area contributed by atoms with Gasteiger partial charge in [0, 0.05) is 26.5 Å². The van der Waals surface area contributed by atoms with Crippen LogP contribution in [0.4, 0.5) is 0 Å². The summed E-state index contributed by atoms with van der Waals surface area (Å²) in [5.74, 6) is 2.00. The predicted molar refractivity (Wildman–Crippen MR) is 208 cm³/mol. The molecule has 1 aliphatic heterocycles. The average Bonchev–Trinajstić information content (AvgIpc) is 3.49. The molecule has 0 N–H and O–H groups in total. The molecule has 0 radical (unpaired) electrons. The van der Waals surface area contributed by atoms with E-state index in [-0.39, 0.29) is 0 Å². The second-order valence-corrected chi connectivity index (χ2v) is 14.6. The quantitative estimate of drug-likeness (QED) is 0.188. The molecule has 1 spiro atoms. The van der Waals surface area contributed by atoms with Gasteiger partial charge in [-0.05, 0) is 92.0 Å². The third kappa shape index (κ3) is 4.17. The lowest BCUT2D eigenvalue weighted by Crippen LogP contribution is -2.32. The minimum absolute atomic E-state index is 0.469. The van der Waals surface area contributed by atoms with Crippen molar-refractivity contribution in [2.75, 3.05) is 0 Å². The molecule has 0 saturated carbocycles. The first kappa shape index (κ1) is 28.7. The van der Waals surface area contributed by atoms with Crippen molar-refractivity contribution >= 4 is 28.6 Å². The Labute approximate surface area is 300 Å². The minimum atomic E-state index is -0.469. The van der Waals surface area contributed by atoms with Gasteiger partial charge >= 0.3 is 0 Å². The Balaban J connectivity index is 1.17. The molecule has 0 bridgehead atoms. The minimum Gasteiger partial charge on any atom is -0.208 e. The van der Waals surface area contributed by atoms with Crippen LogP contribution in [0.2, 0.25) is 0 Å². The highest BCUT2D eigenvalue weighted by atomic mass is 32.2. The Morgan fingerprint density at radius 2 is 1.12 bits per heavy atom. The summed E-state index contributed by atoms with van der Waals surface area (Å²) >= 11 is 1.85. The second-order valence-electron chi connectivity index (χ2n) is 13.5. The summed E-state index contributed by atoms with van der Waals surface area (Å²) in [6.07, 6.45) is 5.43. The van der Waals surface area contributed by atoms with Crippen LogP contribution in [0.5, 0.6) is 0 Å². The average molecular weight is 668 g/mol. The number of benzene rings is 7. The summed E-state index contributed by atoms with van der Waals surface area (Å²) in [7, 11) is 0. The molecule has 0 amide bonds. The standard InChI is InChI=1S/C47H29N3S/c1-2-12-30(13-3-1)44-48-45(50-46(49-44)34-26-31-16-10-14-29-15-11-17-32(27-34)43(29)31)33-24-25-42-40(28-33)47(39-22-8-9-23-41(39)51-42)37-20-6-4-18-35(37)36-19-5-7-21-38(36)47/h1-14,16-28H,15H2. The first-order valence-electron chi connectivity index (χ1n) is 17.4. The topological polar surface area (TPSA) is 38.7 Å². The number of fused-ring (bicyclic) bond motifs is 9. The Morgan fingerprint density at radius 1 is 0.471 bits per heavy atom. The van der Waals surface area contributed by atoms with Gasteiger partial charge in [-0.25, -0.2) is 15.0 Å². The van der Waals surface area contributed by atoms with Gasteiger partial charge in [0.05, 0.1) is 5.41 Å². The van der Waals surface area contributed by atoms with E-state index in [1.165, 1.54) is 65.1 Å². The van der Waals surface area contributed by atoms with Crippen molar-refractivity contribution in [3.8, 4) is 45.3 Å². The van der Waals surface area contributed by atoms with Gasteiger partial charge in [-0.3, -0.25) is 0 Å². The van der Waals surface area contributed by atoms with Crippen molar-refractivity contribution in [1.29, 1.82) is 0 Å². The monoisotopic (exact) mass is 667 g/mol. The molecule has 11 rings (SSSR count). The Kier molecular flexibility index (Phi) is 6.16. The van der Waals surface area contributed by atoms with Crippen LogP contribution in [-0.2, 0) is 11.8 Å². The van der Waals surface area contributed by atoms with Gasteiger partial charge in [0.1, 0.15) is 0 Å². The van der Waals surface area contributed by atoms with Crippen LogP contribution >= 0.6 is 11.8 Å². The molecule has 238 valence electrons. The zero-order chi connectivity index (χ0) is 33.5. The molecule has 51 heavy (non-hydrogen) atoms. The summed E-state index contributed by atoms with van der Waals surface area (Å²) in [6, 6.07) is 54.9. The number of hydrogen-bond acceptors (Lipinski definition) is 4. The summed E-state index contributed by atoms with van der Waals surface area (Å²) < 4.78 is 0. The normalized spacial score (nSPS) is 14.2. The van der Waals surface area contributed by atoms with Gasteiger partial charge in [-0.1, -0.05) is 145 Å². The van der Waals surface area contributed by atoms with E-state index in [1.807, 2.05) is 30.0 Å². The number of nitrogens with zero attached hydrogens (tertiary/aromatic N) is 3. The Morgan fingerprint density at radius 3 is 1.90 bits per heavy atom. The van der Waals surface area contributed by atoms with Gasteiger partial charge < -0.3 is 0 Å². The largest absolute Gasteiger partial charge is 0.208 e. The molecule has 3 aliphatic rings. The zero-order valence-electron chi connectivity index (χ0n) is 27.5. The SMILES string of the molecule is C1=Cc2cc(-c3nc(-c4ccccc4)nc(-c4ccc5c(c4)C4(c6ccccc6S5)c5ccccc5-c5ccccc54)n3)cc3cccc(c23)C1. The summed E-state index contributed by atoms with van der Waals surface area (Å²) in [6.45, 7) is 0. The fraction of sp³-hybridized carbons (Fsp3) is 0.0426. The van der Waals surface area contributed by atoms with Gasteiger partial charge in [-0.2, -0.15) is 0 Å². The van der Waals surface area contributed by atoms with Crippen LogP contribution in [-0.4, -0.2) is 15.0 Å². The molecule has 2 aliphatic carbocycles. The van der Waals surface area contributed by atoms with E-state index in [0.29, 0.717) is 17.5 Å². The van der Waals surface area contributed by atoms with Gasteiger partial charge in [0.2, 0.25) is 0 Å². The lowest BCUT2D eigenvalue weighted by Gasteiger charge is -2.39. The van der Waals surface area contributed by atoms with E-state index in [4.69, 9.17) is 15.0 Å². The van der Waals surface area contributed by atoms with Gasteiger partial charge in [0.25, 0.3) is 0 Å². The van der Waals surface area contributed by atoms with Crippen molar-refractivity contribution in [1.82, 2.24) is 15.0 Å². The first-order chi connectivity index (χ1) is 25.3. The van der Waals surface area contributed by atoms with Crippen molar-refractivity contribution in [2.24, 2.45) is 0 Å². The van der Waals surface area contributed by atoms with Crippen LogP contribution in [0.1, 0.15) is 33.4 Å². The zero-order valence-corrected chi connectivity index (χ0v) is 28.4. The molecule has 0 saturated heterocycles. The molecule has 2 heterocycles. The van der Waals surface area contributed by atoms with E-state index in [1.54, 1.807) is 0 Å². The summed E-state index contributed by atoms with van der Waals surface area (Å²) in [5, 5.41) is 2.52. The molecule has 1 aromatic heterocycles. The molecule has 3 nitrogen and oxygen atoms in total. The lowest BCUT2D eigenvalue weighted by molar-refractivity contribution is 0.722. The molecule has 8 aromatic rings. The van der Waals surface area contributed by atoms with Crippen LogP contribution in [0.3, 0.4) is 0 Å². The Bertz CT molecular complexity index is 2720. The third-order valence-corrected chi connectivity index (χ3v) is 11.9. The number of rotatable bonds is 3. The van der Waals surface area contributed by atoms with E-state index in [2.05, 4.69) is 146 Å². The van der Waals surface area contributed by atoms with Gasteiger partial charge in [0.15, 0.2) is 17.5 Å². The maximum absolute atomic E-state index is 5.27. The predicted octanol–water partition coefficient (Wildman–Crippen LogP) is 11.4. The highest BCUT2D eigenvalue weighted by molar-refractivity contribution is 7.99. The third-order valence-electron chi connectivity index (χ3n) is 10.8. The summed E-state index contributed by atoms with van der Waals surface area (Å²) in [5.41, 5.74) is 12.8. The second kappa shape index (κ2) is 10.9. The highest BCUT2D eigenvalue weighted by Crippen LogP contribution is 2.62. The molecule has 0 atom stereocenters. The first-order valence-corrected chi connectivity index (χ1v) is 18.2. The maximum Gasteiger partial charge on any atom is 0.164 e. The molecule has 0 unspecified atom stereocenters. The van der Waals surface area contributed by atoms with Crippen LogP contribution in [0.15, 0.2) is 168 Å². The Hall–Kier alpha value is -6.10. The molecular formula is C47H29N3S. The van der Waals surface area contributed by atoms with Crippen LogP contribution in [0, 0.1) is 0 Å². The molecule has 7 aromatic carbocycles. The summed E-state index contributed by atoms with van der Waals surface area (Å²) in [4.78, 5) is 18.1. The maximum atomic E-state index is 5.27. The fourth-order valence-electron chi connectivity index (χ4n) is 8.63. The van der Waals surface area contributed by atoms with Crippen molar-refractivity contribution in [3.63, 3.8) is 0 Å². The highest BCUT2D eigenvalue weighted by Gasteiger charge is 2.50. The molecule has 4 heteroatoms. The van der Waals surface area contributed by atoms with Gasteiger partial charge in [-0.15, -0.1) is 0 Å². The van der Waals surface area contributed by atoms with E-state index in [0.717, 1.165) is 23.1 Å². The molecular weight excluding hydrogens is 639 g/mol. The van der Waals surface area contributed by atoms with E-state index in [9.17, 15) is 0 Å². The molecule has 0 fully saturated rings. The van der Waals surface area contributed by atoms with Crippen LogP contribution < -0.4 is 0 Å². The van der Waals surface area contributed by atoms with E-state index < -0.39 is 5.41 Å². The number of hydrogen-bond donors (Lipinski definition) is 0.